The van der Waals surface area contributed by atoms with Crippen molar-refractivity contribution in [2.24, 2.45) is 0 Å². The zero-order valence-electron chi connectivity index (χ0n) is 9.22. The fourth-order valence-electron chi connectivity index (χ4n) is 1.59. The van der Waals surface area contributed by atoms with Crippen molar-refractivity contribution >= 4 is 15.9 Å². The maximum atomic E-state index is 11.2. The van der Waals surface area contributed by atoms with Crippen LogP contribution in [0.2, 0.25) is 0 Å². The van der Waals surface area contributed by atoms with Crippen molar-refractivity contribution in [1.29, 1.82) is 0 Å². The van der Waals surface area contributed by atoms with Crippen LogP contribution in [0.4, 0.5) is 0 Å². The molecular formula is C9H13KO5S. The molecular weight excluding hydrogens is 259 g/mol. The second-order valence-electron chi connectivity index (χ2n) is 3.47. The maximum Gasteiger partial charge on any atom is 1.00 e. The fourth-order valence-corrected chi connectivity index (χ4v) is 2.48. The van der Waals surface area contributed by atoms with Gasteiger partial charge in [-0.3, -0.25) is 4.79 Å². The molecule has 0 spiro atoms. The number of hydrogen-bond acceptors (Lipinski definition) is 5. The van der Waals surface area contributed by atoms with Crippen molar-refractivity contribution in [3.8, 4) is 0 Å². The minimum atomic E-state index is -4.54. The Bertz CT molecular complexity index is 349. The molecule has 86 valence electrons. The normalized spacial score (nSPS) is 25.9. The Morgan fingerprint density at radius 3 is 2.69 bits per heavy atom. The molecule has 5 nitrogen and oxygen atoms in total. The molecule has 0 aromatic heterocycles. The first-order chi connectivity index (χ1) is 6.95. The van der Waals surface area contributed by atoms with Crippen LogP contribution < -0.4 is 51.4 Å². The Labute approximate surface area is 138 Å². The van der Waals surface area contributed by atoms with E-state index in [4.69, 9.17) is 4.74 Å². The van der Waals surface area contributed by atoms with Gasteiger partial charge in [0.2, 0.25) is 0 Å². The second kappa shape index (κ2) is 7.37. The first-order valence-electron chi connectivity index (χ1n) is 4.65. The molecule has 0 N–H and O–H groups in total. The number of ether oxygens (including phenoxy) is 1. The van der Waals surface area contributed by atoms with Crippen LogP contribution in [0.3, 0.4) is 0 Å². The summed E-state index contributed by atoms with van der Waals surface area (Å²) in [6.07, 6.45) is 1.73. The van der Waals surface area contributed by atoms with E-state index in [1.807, 2.05) is 0 Å². The molecule has 1 rings (SSSR count). The predicted octanol–water partition coefficient (Wildman–Crippen LogP) is -2.77. The molecule has 2 unspecified atom stereocenters. The van der Waals surface area contributed by atoms with Gasteiger partial charge in [0.05, 0.1) is 12.7 Å². The van der Waals surface area contributed by atoms with Crippen LogP contribution in [0.1, 0.15) is 19.3 Å². The number of carbonyl (C=O) groups is 1. The van der Waals surface area contributed by atoms with Crippen LogP contribution >= 0.6 is 0 Å². The molecule has 0 aromatic carbocycles. The average Bonchev–Trinajstić information content (AvgIpc) is 2.15. The molecule has 1 saturated carbocycles. The Hall–Kier alpha value is 0.916. The van der Waals surface area contributed by atoms with Gasteiger partial charge < -0.3 is 9.29 Å². The third-order valence-corrected chi connectivity index (χ3v) is 3.50. The average molecular weight is 272 g/mol. The molecule has 2 atom stereocenters. The van der Waals surface area contributed by atoms with Crippen LogP contribution in [-0.2, 0) is 19.6 Å². The van der Waals surface area contributed by atoms with Crippen molar-refractivity contribution in [3.63, 3.8) is 0 Å². The van der Waals surface area contributed by atoms with Gasteiger partial charge in [0, 0.05) is 6.42 Å². The number of Topliss-reactive ketones (excluding diaryl/α,β-unsaturated/α-hetero) is 1. The van der Waals surface area contributed by atoms with E-state index in [0.717, 1.165) is 0 Å². The van der Waals surface area contributed by atoms with E-state index in [9.17, 15) is 17.8 Å². The van der Waals surface area contributed by atoms with E-state index < -0.39 is 21.2 Å². The van der Waals surface area contributed by atoms with Gasteiger partial charge in [-0.2, -0.15) is 0 Å². The molecule has 0 saturated heterocycles. The van der Waals surface area contributed by atoms with Crippen LogP contribution in [0, 0.1) is 0 Å². The van der Waals surface area contributed by atoms with Crippen molar-refractivity contribution in [3.05, 3.63) is 12.7 Å². The van der Waals surface area contributed by atoms with Crippen LogP contribution in [0.15, 0.2) is 12.7 Å². The van der Waals surface area contributed by atoms with Gasteiger partial charge in [0.15, 0.2) is 0 Å². The topological polar surface area (TPSA) is 83.5 Å². The Kier molecular flexibility index (Phi) is 7.80. The Morgan fingerprint density at radius 1 is 1.56 bits per heavy atom. The molecule has 0 aliphatic heterocycles. The fraction of sp³-hybridized carbons (Fsp3) is 0.667. The van der Waals surface area contributed by atoms with E-state index in [2.05, 4.69) is 6.58 Å². The molecule has 7 heteroatoms. The molecule has 1 aliphatic carbocycles. The third-order valence-electron chi connectivity index (χ3n) is 2.35. The van der Waals surface area contributed by atoms with Gasteiger partial charge in [-0.15, -0.1) is 6.58 Å². The Balaban J connectivity index is 0.00000225. The summed E-state index contributed by atoms with van der Waals surface area (Å²) in [6, 6.07) is 0. The number of ketones is 1. The summed E-state index contributed by atoms with van der Waals surface area (Å²) in [5, 5.41) is -1.43. The third kappa shape index (κ3) is 5.05. The zero-order chi connectivity index (χ0) is 11.5. The van der Waals surface area contributed by atoms with E-state index >= 15 is 0 Å². The molecule has 1 aliphatic rings. The van der Waals surface area contributed by atoms with Crippen LogP contribution in [0.25, 0.3) is 0 Å². The summed E-state index contributed by atoms with van der Waals surface area (Å²) in [5.74, 6) is -0.497. The largest absolute Gasteiger partial charge is 1.00 e. The van der Waals surface area contributed by atoms with Crippen molar-refractivity contribution in [2.75, 3.05) is 6.61 Å². The monoisotopic (exact) mass is 272 g/mol. The van der Waals surface area contributed by atoms with E-state index in [1.54, 1.807) is 0 Å². The molecule has 1 fully saturated rings. The molecule has 0 radical (unpaired) electrons. The molecule has 0 aromatic rings. The van der Waals surface area contributed by atoms with Gasteiger partial charge in [-0.25, -0.2) is 8.42 Å². The standard InChI is InChI=1S/C9H14O5S.K/c1-2-5-14-7-3-4-8(10)9(6-7)15(11,12)13;/h2,7,9H,1,3-6H2,(H,11,12,13);/q;+1/p-1. The summed E-state index contributed by atoms with van der Waals surface area (Å²) >= 11 is 0. The molecule has 0 bridgehead atoms. The number of rotatable bonds is 4. The predicted molar refractivity (Wildman–Crippen MR) is 52.3 cm³/mol. The van der Waals surface area contributed by atoms with Crippen molar-refractivity contribution in [1.82, 2.24) is 0 Å². The Morgan fingerprint density at radius 2 is 2.19 bits per heavy atom. The molecule has 0 heterocycles. The summed E-state index contributed by atoms with van der Waals surface area (Å²) in [4.78, 5) is 11.2. The first-order valence-corrected chi connectivity index (χ1v) is 6.12. The SMILES string of the molecule is C=CCOC1CCC(=O)C(S(=O)(=O)[O-])C1.[K+]. The quantitative estimate of drug-likeness (QED) is 0.314. The van der Waals surface area contributed by atoms with Gasteiger partial charge in [-0.05, 0) is 12.8 Å². The number of carbonyl (C=O) groups excluding carboxylic acids is 1. The summed E-state index contributed by atoms with van der Waals surface area (Å²) < 4.78 is 37.5. The van der Waals surface area contributed by atoms with E-state index in [-0.39, 0.29) is 70.3 Å². The van der Waals surface area contributed by atoms with Gasteiger partial charge >= 0.3 is 51.4 Å². The van der Waals surface area contributed by atoms with Gasteiger partial charge in [-0.1, -0.05) is 6.08 Å². The summed E-state index contributed by atoms with van der Waals surface area (Å²) in [5.41, 5.74) is 0. The zero-order valence-corrected chi connectivity index (χ0v) is 13.2. The number of hydrogen-bond donors (Lipinski definition) is 0. The first kappa shape index (κ1) is 16.9. The van der Waals surface area contributed by atoms with Crippen molar-refractivity contribution in [2.45, 2.75) is 30.6 Å². The van der Waals surface area contributed by atoms with Gasteiger partial charge in [0.25, 0.3) is 0 Å². The van der Waals surface area contributed by atoms with E-state index in [1.165, 1.54) is 6.08 Å². The minimum Gasteiger partial charge on any atom is -0.747 e. The second-order valence-corrected chi connectivity index (χ2v) is 5.02. The van der Waals surface area contributed by atoms with Crippen LogP contribution in [-0.4, -0.2) is 36.7 Å². The van der Waals surface area contributed by atoms with E-state index in [0.29, 0.717) is 13.0 Å². The summed E-state index contributed by atoms with van der Waals surface area (Å²) in [7, 11) is -4.54. The molecule has 0 amide bonds. The van der Waals surface area contributed by atoms with Gasteiger partial charge in [0.1, 0.15) is 21.2 Å². The smallest absolute Gasteiger partial charge is 0.747 e. The van der Waals surface area contributed by atoms with Crippen LogP contribution in [0.5, 0.6) is 0 Å². The summed E-state index contributed by atoms with van der Waals surface area (Å²) in [6.45, 7) is 3.75. The maximum absolute atomic E-state index is 11.2. The molecule has 16 heavy (non-hydrogen) atoms. The minimum absolute atomic E-state index is 0. The van der Waals surface area contributed by atoms with Crippen molar-refractivity contribution < 1.29 is 73.9 Å².